The smallest absolute Gasteiger partial charge is 0.253 e. The van der Waals surface area contributed by atoms with Crippen molar-refractivity contribution < 1.29 is 9.59 Å². The SMILES string of the molecule is NCCNC(=O)c1ccccc1NC(=O)CCn1cncn1. The van der Waals surface area contributed by atoms with Crippen molar-refractivity contribution in [1.29, 1.82) is 0 Å². The first kappa shape index (κ1) is 15.6. The number of anilines is 1. The maximum absolute atomic E-state index is 12.0. The molecule has 1 aromatic carbocycles. The first-order valence-electron chi connectivity index (χ1n) is 6.90. The van der Waals surface area contributed by atoms with E-state index in [9.17, 15) is 9.59 Å². The Morgan fingerprint density at radius 1 is 1.27 bits per heavy atom. The van der Waals surface area contributed by atoms with E-state index in [0.717, 1.165) is 0 Å². The van der Waals surface area contributed by atoms with Gasteiger partial charge in [0.25, 0.3) is 5.91 Å². The molecule has 0 fully saturated rings. The Morgan fingerprint density at radius 2 is 2.09 bits per heavy atom. The average Bonchev–Trinajstić information content (AvgIpc) is 3.04. The number of carbonyl (C=O) groups excluding carboxylic acids is 2. The van der Waals surface area contributed by atoms with Crippen molar-refractivity contribution >= 4 is 17.5 Å². The second kappa shape index (κ2) is 7.89. The number of amides is 2. The van der Waals surface area contributed by atoms with Gasteiger partial charge in [-0.3, -0.25) is 14.3 Å². The number of nitrogens with two attached hydrogens (primary N) is 1. The van der Waals surface area contributed by atoms with Gasteiger partial charge in [0, 0.05) is 19.5 Å². The van der Waals surface area contributed by atoms with Crippen LogP contribution in [0.4, 0.5) is 5.69 Å². The van der Waals surface area contributed by atoms with E-state index < -0.39 is 0 Å². The molecule has 0 radical (unpaired) electrons. The van der Waals surface area contributed by atoms with E-state index in [1.54, 1.807) is 35.3 Å². The molecule has 4 N–H and O–H groups in total. The fourth-order valence-corrected chi connectivity index (χ4v) is 1.85. The van der Waals surface area contributed by atoms with Crippen LogP contribution in [-0.4, -0.2) is 39.7 Å². The standard InChI is InChI=1S/C14H18N6O2/c15-6-7-17-14(22)11-3-1-2-4-12(11)19-13(21)5-8-20-10-16-9-18-20/h1-4,9-10H,5-8,15H2,(H,17,22)(H,19,21). The van der Waals surface area contributed by atoms with Gasteiger partial charge in [0.1, 0.15) is 12.7 Å². The molecule has 8 nitrogen and oxygen atoms in total. The molecule has 1 heterocycles. The summed E-state index contributed by atoms with van der Waals surface area (Å²) in [5.41, 5.74) is 6.24. The second-order valence-electron chi connectivity index (χ2n) is 4.55. The van der Waals surface area contributed by atoms with Gasteiger partial charge in [0.2, 0.25) is 5.91 Å². The van der Waals surface area contributed by atoms with E-state index in [0.29, 0.717) is 30.9 Å². The van der Waals surface area contributed by atoms with Crippen molar-refractivity contribution in [3.8, 4) is 0 Å². The molecule has 0 saturated carbocycles. The van der Waals surface area contributed by atoms with Gasteiger partial charge in [-0.25, -0.2) is 4.98 Å². The van der Waals surface area contributed by atoms with Crippen molar-refractivity contribution in [2.75, 3.05) is 18.4 Å². The minimum Gasteiger partial charge on any atom is -0.351 e. The Labute approximate surface area is 127 Å². The predicted octanol–water partition coefficient (Wildman–Crippen LogP) is -0.00460. The summed E-state index contributed by atoms with van der Waals surface area (Å²) in [7, 11) is 0. The highest BCUT2D eigenvalue weighted by Gasteiger charge is 2.12. The highest BCUT2D eigenvalue weighted by Crippen LogP contribution is 2.15. The fourth-order valence-electron chi connectivity index (χ4n) is 1.85. The van der Waals surface area contributed by atoms with Gasteiger partial charge in [0.15, 0.2) is 0 Å². The molecule has 0 atom stereocenters. The largest absolute Gasteiger partial charge is 0.351 e. The number of nitrogens with zero attached hydrogens (tertiary/aromatic N) is 3. The molecule has 0 unspecified atom stereocenters. The number of hydrogen-bond donors (Lipinski definition) is 3. The summed E-state index contributed by atoms with van der Waals surface area (Å²) in [6.07, 6.45) is 3.19. The van der Waals surface area contributed by atoms with Crippen LogP contribution < -0.4 is 16.4 Å². The van der Waals surface area contributed by atoms with E-state index in [4.69, 9.17) is 5.73 Å². The molecular weight excluding hydrogens is 284 g/mol. The zero-order valence-corrected chi connectivity index (χ0v) is 12.0. The first-order chi connectivity index (χ1) is 10.7. The van der Waals surface area contributed by atoms with Gasteiger partial charge >= 0.3 is 0 Å². The summed E-state index contributed by atoms with van der Waals surface area (Å²) in [5, 5.41) is 9.34. The summed E-state index contributed by atoms with van der Waals surface area (Å²) in [6, 6.07) is 6.83. The van der Waals surface area contributed by atoms with Crippen LogP contribution in [0.1, 0.15) is 16.8 Å². The number of aryl methyl sites for hydroxylation is 1. The fraction of sp³-hybridized carbons (Fsp3) is 0.286. The third kappa shape index (κ3) is 4.38. The summed E-state index contributed by atoms with van der Waals surface area (Å²) >= 11 is 0. The molecular formula is C14H18N6O2. The van der Waals surface area contributed by atoms with Crippen LogP contribution in [0.25, 0.3) is 0 Å². The van der Waals surface area contributed by atoms with E-state index >= 15 is 0 Å². The normalized spacial score (nSPS) is 10.2. The molecule has 0 aliphatic heterocycles. The average molecular weight is 302 g/mol. The highest BCUT2D eigenvalue weighted by atomic mass is 16.2. The number of para-hydroxylation sites is 1. The lowest BCUT2D eigenvalue weighted by molar-refractivity contribution is -0.116. The quantitative estimate of drug-likeness (QED) is 0.665. The number of rotatable bonds is 7. The number of carbonyl (C=O) groups is 2. The van der Waals surface area contributed by atoms with Crippen molar-refractivity contribution in [2.45, 2.75) is 13.0 Å². The van der Waals surface area contributed by atoms with Gasteiger partial charge in [-0.2, -0.15) is 5.10 Å². The molecule has 0 aliphatic carbocycles. The van der Waals surface area contributed by atoms with E-state index in [1.807, 2.05) is 0 Å². The zero-order valence-electron chi connectivity index (χ0n) is 12.0. The Morgan fingerprint density at radius 3 is 2.82 bits per heavy atom. The van der Waals surface area contributed by atoms with Gasteiger partial charge in [0.05, 0.1) is 17.8 Å². The maximum Gasteiger partial charge on any atom is 0.253 e. The molecule has 2 rings (SSSR count). The van der Waals surface area contributed by atoms with Crippen LogP contribution in [0.5, 0.6) is 0 Å². The van der Waals surface area contributed by atoms with Crippen LogP contribution in [0.15, 0.2) is 36.9 Å². The molecule has 1 aromatic heterocycles. The number of aromatic nitrogens is 3. The summed E-state index contributed by atoms with van der Waals surface area (Å²) in [5.74, 6) is -0.466. The van der Waals surface area contributed by atoms with Crippen molar-refractivity contribution in [2.24, 2.45) is 5.73 Å². The molecule has 8 heteroatoms. The Kier molecular flexibility index (Phi) is 5.61. The Bertz CT molecular complexity index is 626. The van der Waals surface area contributed by atoms with E-state index in [-0.39, 0.29) is 18.2 Å². The van der Waals surface area contributed by atoms with Gasteiger partial charge in [-0.05, 0) is 12.1 Å². The Balaban J connectivity index is 1.96. The minimum absolute atomic E-state index is 0.199. The van der Waals surface area contributed by atoms with E-state index in [1.165, 1.54) is 6.33 Å². The van der Waals surface area contributed by atoms with Crippen molar-refractivity contribution in [3.05, 3.63) is 42.5 Å². The van der Waals surface area contributed by atoms with Crippen LogP contribution in [0, 0.1) is 0 Å². The molecule has 0 bridgehead atoms. The lowest BCUT2D eigenvalue weighted by Crippen LogP contribution is -2.30. The lowest BCUT2D eigenvalue weighted by Gasteiger charge is -2.11. The molecule has 0 saturated heterocycles. The van der Waals surface area contributed by atoms with Crippen molar-refractivity contribution in [3.63, 3.8) is 0 Å². The molecule has 0 spiro atoms. The van der Waals surface area contributed by atoms with Crippen LogP contribution in [-0.2, 0) is 11.3 Å². The van der Waals surface area contributed by atoms with Gasteiger partial charge in [-0.15, -0.1) is 0 Å². The molecule has 0 aliphatic rings. The second-order valence-corrected chi connectivity index (χ2v) is 4.55. The number of benzene rings is 1. The summed E-state index contributed by atoms with van der Waals surface area (Å²) in [6.45, 7) is 1.17. The third-order valence-electron chi connectivity index (χ3n) is 2.91. The Hall–Kier alpha value is -2.74. The summed E-state index contributed by atoms with van der Waals surface area (Å²) < 4.78 is 1.57. The molecule has 2 aromatic rings. The highest BCUT2D eigenvalue weighted by molar-refractivity contribution is 6.03. The van der Waals surface area contributed by atoms with Gasteiger partial charge < -0.3 is 16.4 Å². The molecule has 2 amide bonds. The first-order valence-corrected chi connectivity index (χ1v) is 6.90. The minimum atomic E-state index is -0.266. The van der Waals surface area contributed by atoms with E-state index in [2.05, 4.69) is 20.7 Å². The van der Waals surface area contributed by atoms with Crippen LogP contribution in [0.3, 0.4) is 0 Å². The monoisotopic (exact) mass is 302 g/mol. The van der Waals surface area contributed by atoms with Crippen LogP contribution >= 0.6 is 0 Å². The third-order valence-corrected chi connectivity index (χ3v) is 2.91. The number of hydrogen-bond acceptors (Lipinski definition) is 5. The number of nitrogens with one attached hydrogen (secondary N) is 2. The lowest BCUT2D eigenvalue weighted by atomic mass is 10.1. The predicted molar refractivity (Wildman–Crippen MR) is 81.1 cm³/mol. The zero-order chi connectivity index (χ0) is 15.8. The topological polar surface area (TPSA) is 115 Å². The summed E-state index contributed by atoms with van der Waals surface area (Å²) in [4.78, 5) is 27.8. The molecule has 22 heavy (non-hydrogen) atoms. The van der Waals surface area contributed by atoms with Gasteiger partial charge in [-0.1, -0.05) is 12.1 Å². The van der Waals surface area contributed by atoms with Crippen molar-refractivity contribution in [1.82, 2.24) is 20.1 Å². The molecule has 116 valence electrons. The maximum atomic E-state index is 12.0. The van der Waals surface area contributed by atoms with Crippen LogP contribution in [0.2, 0.25) is 0 Å².